The van der Waals surface area contributed by atoms with Crippen molar-refractivity contribution in [1.82, 2.24) is 9.47 Å². The van der Waals surface area contributed by atoms with Crippen LogP contribution < -0.4 is 15.5 Å². The van der Waals surface area contributed by atoms with Crippen molar-refractivity contribution >= 4 is 11.6 Å². The maximum absolute atomic E-state index is 12.8. The topological polar surface area (TPSA) is 63.6 Å². The number of hydrogen-bond donors (Lipinski definition) is 1. The lowest BCUT2D eigenvalue weighted by molar-refractivity contribution is -0.116. The summed E-state index contributed by atoms with van der Waals surface area (Å²) in [4.78, 5) is 27.5. The van der Waals surface area contributed by atoms with E-state index >= 15 is 0 Å². The Labute approximate surface area is 172 Å². The molecule has 2 aromatic rings. The zero-order valence-corrected chi connectivity index (χ0v) is 17.7. The standard InChI is InChI=1S/C23H31N3O3/c1-17-9-8-10-20(18(17)2)24-23(28)16-26-15-22(29-3)21(27)13-19(26)14-25-11-6-4-5-7-12-25/h8-10,13,15H,4-7,11-12,14,16H2,1-3H3,(H,24,28). The van der Waals surface area contributed by atoms with Gasteiger partial charge in [-0.05, 0) is 57.0 Å². The molecule has 1 N–H and O–H groups in total. The molecule has 1 aliphatic rings. The number of aromatic nitrogens is 1. The summed E-state index contributed by atoms with van der Waals surface area (Å²) in [6, 6.07) is 7.47. The van der Waals surface area contributed by atoms with Crippen LogP contribution in [0, 0.1) is 13.8 Å². The summed E-state index contributed by atoms with van der Waals surface area (Å²) < 4.78 is 7.05. The molecule has 1 amide bonds. The van der Waals surface area contributed by atoms with Gasteiger partial charge >= 0.3 is 0 Å². The van der Waals surface area contributed by atoms with Gasteiger partial charge in [0.25, 0.3) is 0 Å². The van der Waals surface area contributed by atoms with Gasteiger partial charge in [-0.25, -0.2) is 0 Å². The molecule has 3 rings (SSSR count). The summed E-state index contributed by atoms with van der Waals surface area (Å²) in [5.41, 5.74) is 3.70. The third kappa shape index (κ3) is 5.48. The van der Waals surface area contributed by atoms with Crippen LogP contribution >= 0.6 is 0 Å². The van der Waals surface area contributed by atoms with Gasteiger partial charge in [0.05, 0.1) is 13.3 Å². The highest BCUT2D eigenvalue weighted by atomic mass is 16.5. The Hall–Kier alpha value is -2.60. The molecule has 0 bridgehead atoms. The fourth-order valence-electron chi connectivity index (χ4n) is 3.78. The lowest BCUT2D eigenvalue weighted by Gasteiger charge is -2.23. The van der Waals surface area contributed by atoms with Gasteiger partial charge in [0, 0.05) is 24.0 Å². The van der Waals surface area contributed by atoms with E-state index in [1.807, 2.05) is 36.6 Å². The highest BCUT2D eigenvalue weighted by Gasteiger charge is 2.16. The van der Waals surface area contributed by atoms with Crippen molar-refractivity contribution in [2.45, 2.75) is 52.6 Å². The van der Waals surface area contributed by atoms with Crippen LogP contribution in [-0.2, 0) is 17.9 Å². The first-order valence-corrected chi connectivity index (χ1v) is 10.3. The molecule has 0 aliphatic carbocycles. The molecular formula is C23H31N3O3. The lowest BCUT2D eigenvalue weighted by Crippen LogP contribution is -2.29. The van der Waals surface area contributed by atoms with Crippen molar-refractivity contribution in [1.29, 1.82) is 0 Å². The number of anilines is 1. The second-order valence-electron chi connectivity index (χ2n) is 7.81. The summed E-state index contributed by atoms with van der Waals surface area (Å²) in [5, 5.41) is 3.00. The van der Waals surface area contributed by atoms with Crippen molar-refractivity contribution in [3.8, 4) is 5.75 Å². The van der Waals surface area contributed by atoms with Gasteiger partial charge in [-0.3, -0.25) is 14.5 Å². The maximum Gasteiger partial charge on any atom is 0.244 e. The first-order valence-electron chi connectivity index (χ1n) is 10.3. The van der Waals surface area contributed by atoms with Gasteiger partial charge in [0.15, 0.2) is 5.75 Å². The molecule has 0 spiro atoms. The van der Waals surface area contributed by atoms with E-state index in [1.54, 1.807) is 12.3 Å². The number of methoxy groups -OCH3 is 1. The molecular weight excluding hydrogens is 366 g/mol. The highest BCUT2D eigenvalue weighted by Crippen LogP contribution is 2.19. The SMILES string of the molecule is COc1cn(CC(=O)Nc2cccc(C)c2C)c(CN2CCCCCC2)cc1=O. The summed E-state index contributed by atoms with van der Waals surface area (Å²) in [6.07, 6.45) is 6.51. The Morgan fingerprint density at radius 1 is 1.14 bits per heavy atom. The van der Waals surface area contributed by atoms with Gasteiger partial charge in [-0.1, -0.05) is 25.0 Å². The number of nitrogens with one attached hydrogen (secondary N) is 1. The van der Waals surface area contributed by atoms with Crippen molar-refractivity contribution < 1.29 is 9.53 Å². The maximum atomic E-state index is 12.8. The van der Waals surface area contributed by atoms with Gasteiger partial charge in [-0.2, -0.15) is 0 Å². The van der Waals surface area contributed by atoms with Crippen LogP contribution in [-0.4, -0.2) is 35.6 Å². The Bertz CT molecular complexity index is 912. The van der Waals surface area contributed by atoms with Crippen molar-refractivity contribution in [2.75, 3.05) is 25.5 Å². The number of hydrogen-bond acceptors (Lipinski definition) is 4. The monoisotopic (exact) mass is 397 g/mol. The van der Waals surface area contributed by atoms with E-state index in [9.17, 15) is 9.59 Å². The van der Waals surface area contributed by atoms with Gasteiger partial charge in [-0.15, -0.1) is 0 Å². The summed E-state index contributed by atoms with van der Waals surface area (Å²) in [6.45, 7) is 6.86. The smallest absolute Gasteiger partial charge is 0.244 e. The molecule has 1 aromatic carbocycles. The lowest BCUT2D eigenvalue weighted by atomic mass is 10.1. The van der Waals surface area contributed by atoms with Crippen LogP contribution in [0.25, 0.3) is 0 Å². The molecule has 1 aliphatic heterocycles. The fourth-order valence-corrected chi connectivity index (χ4v) is 3.78. The quantitative estimate of drug-likeness (QED) is 0.810. The first kappa shape index (κ1) is 21.1. The Balaban J connectivity index is 1.81. The zero-order chi connectivity index (χ0) is 20.8. The second kappa shape index (κ2) is 9.74. The number of ether oxygens (including phenoxy) is 1. The predicted molar refractivity (Wildman–Crippen MR) is 116 cm³/mol. The Kier molecular flexibility index (Phi) is 7.09. The predicted octanol–water partition coefficient (Wildman–Crippen LogP) is 3.49. The molecule has 1 aromatic heterocycles. The Morgan fingerprint density at radius 3 is 2.55 bits per heavy atom. The normalized spacial score (nSPS) is 15.0. The third-order valence-corrected chi connectivity index (χ3v) is 5.68. The van der Waals surface area contributed by atoms with Crippen molar-refractivity contribution in [3.05, 3.63) is 57.5 Å². The van der Waals surface area contributed by atoms with E-state index in [0.717, 1.165) is 35.6 Å². The molecule has 6 heteroatoms. The van der Waals surface area contributed by atoms with Gasteiger partial charge in [0.2, 0.25) is 11.3 Å². The summed E-state index contributed by atoms with van der Waals surface area (Å²) >= 11 is 0. The average molecular weight is 398 g/mol. The fraction of sp³-hybridized carbons (Fsp3) is 0.478. The molecule has 0 unspecified atom stereocenters. The van der Waals surface area contributed by atoms with Crippen molar-refractivity contribution in [2.24, 2.45) is 0 Å². The number of carbonyl (C=O) groups excluding carboxylic acids is 1. The van der Waals surface area contributed by atoms with Gasteiger partial charge in [0.1, 0.15) is 6.54 Å². The molecule has 0 saturated carbocycles. The van der Waals surface area contributed by atoms with E-state index < -0.39 is 0 Å². The van der Waals surface area contributed by atoms with E-state index in [0.29, 0.717) is 6.54 Å². The van der Waals surface area contributed by atoms with Crippen LogP contribution in [0.3, 0.4) is 0 Å². The summed E-state index contributed by atoms with van der Waals surface area (Å²) in [7, 11) is 1.48. The molecule has 1 fully saturated rings. The number of pyridine rings is 1. The summed E-state index contributed by atoms with van der Waals surface area (Å²) in [5.74, 6) is 0.130. The number of likely N-dealkylation sites (tertiary alicyclic amines) is 1. The number of benzene rings is 1. The van der Waals surface area contributed by atoms with Crippen LogP contribution in [0.4, 0.5) is 5.69 Å². The van der Waals surface area contributed by atoms with E-state index in [2.05, 4.69) is 10.2 Å². The van der Waals surface area contributed by atoms with Crippen LogP contribution in [0.1, 0.15) is 42.5 Å². The number of aryl methyl sites for hydroxylation is 1. The minimum Gasteiger partial charge on any atom is -0.491 e. The molecule has 156 valence electrons. The zero-order valence-electron chi connectivity index (χ0n) is 17.7. The van der Waals surface area contributed by atoms with Crippen molar-refractivity contribution in [3.63, 3.8) is 0 Å². The number of amides is 1. The second-order valence-corrected chi connectivity index (χ2v) is 7.81. The van der Waals surface area contributed by atoms with Crippen LogP contribution in [0.15, 0.2) is 35.3 Å². The van der Waals surface area contributed by atoms with E-state index in [1.165, 1.54) is 32.8 Å². The number of nitrogens with zero attached hydrogens (tertiary/aromatic N) is 2. The first-order chi connectivity index (χ1) is 14.0. The van der Waals surface area contributed by atoms with E-state index in [-0.39, 0.29) is 23.6 Å². The largest absolute Gasteiger partial charge is 0.491 e. The van der Waals surface area contributed by atoms with Gasteiger partial charge < -0.3 is 14.6 Å². The highest BCUT2D eigenvalue weighted by molar-refractivity contribution is 5.91. The van der Waals surface area contributed by atoms with Crippen LogP contribution in [0.2, 0.25) is 0 Å². The molecule has 0 atom stereocenters. The van der Waals surface area contributed by atoms with E-state index in [4.69, 9.17) is 4.74 Å². The number of carbonyl (C=O) groups is 1. The van der Waals surface area contributed by atoms with Crippen LogP contribution in [0.5, 0.6) is 5.75 Å². The number of rotatable bonds is 6. The third-order valence-electron chi connectivity index (χ3n) is 5.68. The molecule has 0 radical (unpaired) electrons. The molecule has 29 heavy (non-hydrogen) atoms. The molecule has 2 heterocycles. The Morgan fingerprint density at radius 2 is 1.86 bits per heavy atom. The average Bonchev–Trinajstić information content (AvgIpc) is 2.96. The molecule has 6 nitrogen and oxygen atoms in total. The minimum atomic E-state index is -0.150. The minimum absolute atomic E-state index is 0.124. The molecule has 1 saturated heterocycles.